The van der Waals surface area contributed by atoms with Crippen LogP contribution in [0.3, 0.4) is 0 Å². The second-order valence-corrected chi connectivity index (χ2v) is 3.38. The highest BCUT2D eigenvalue weighted by atomic mass is 35.5. The predicted octanol–water partition coefficient (Wildman–Crippen LogP) is 1.02. The number of hydrogen-bond acceptors (Lipinski definition) is 3. The normalized spacial score (nSPS) is 12.8. The third kappa shape index (κ3) is 6.48. The molecule has 13 heavy (non-hydrogen) atoms. The second kappa shape index (κ2) is 6.80. The molecule has 0 aromatic rings. The number of carbonyl (C=O) groups excluding carboxylic acids is 1. The van der Waals surface area contributed by atoms with E-state index in [2.05, 4.69) is 5.32 Å². The number of carboxylic acid groups (broad SMARTS) is 1. The molecule has 74 valence electrons. The fraction of sp³-hybridized carbons (Fsp3) is 0.429. The van der Waals surface area contributed by atoms with Crippen molar-refractivity contribution in [3.63, 3.8) is 0 Å². The summed E-state index contributed by atoms with van der Waals surface area (Å²) in [6, 6.07) is -0.865. The summed E-state index contributed by atoms with van der Waals surface area (Å²) in [4.78, 5) is 21.1. The predicted molar refractivity (Wildman–Crippen MR) is 52.7 cm³/mol. The van der Waals surface area contributed by atoms with Crippen molar-refractivity contribution >= 4 is 35.2 Å². The van der Waals surface area contributed by atoms with Crippen molar-refractivity contribution in [2.75, 3.05) is 5.75 Å². The molecule has 0 unspecified atom stereocenters. The average Bonchev–Trinajstić information content (AvgIpc) is 2.02. The van der Waals surface area contributed by atoms with E-state index in [-0.39, 0.29) is 11.7 Å². The number of carboxylic acids is 1. The minimum atomic E-state index is -1.05. The summed E-state index contributed by atoms with van der Waals surface area (Å²) in [5.74, 6) is -1.15. The SMILES string of the molecule is CC(=O)N[C@@H](CS/C=C\Cl)C(=O)O. The highest BCUT2D eigenvalue weighted by Gasteiger charge is 2.17. The summed E-state index contributed by atoms with van der Waals surface area (Å²) in [5, 5.41) is 12.5. The van der Waals surface area contributed by atoms with Gasteiger partial charge in [0.1, 0.15) is 6.04 Å². The maximum Gasteiger partial charge on any atom is 0.327 e. The Morgan fingerprint density at radius 3 is 2.69 bits per heavy atom. The fourth-order valence-corrected chi connectivity index (χ4v) is 1.43. The van der Waals surface area contributed by atoms with E-state index in [1.165, 1.54) is 24.2 Å². The first-order chi connectivity index (χ1) is 6.07. The highest BCUT2D eigenvalue weighted by Crippen LogP contribution is 2.05. The van der Waals surface area contributed by atoms with Gasteiger partial charge in [0.15, 0.2) is 0 Å². The molecule has 0 spiro atoms. The molecule has 0 aliphatic carbocycles. The number of hydrogen-bond donors (Lipinski definition) is 2. The van der Waals surface area contributed by atoms with E-state index in [1.807, 2.05) is 0 Å². The minimum absolute atomic E-state index is 0.262. The Labute approximate surface area is 85.3 Å². The molecular weight excluding hydrogens is 214 g/mol. The lowest BCUT2D eigenvalue weighted by Crippen LogP contribution is -2.41. The zero-order valence-corrected chi connectivity index (χ0v) is 8.56. The molecule has 0 saturated heterocycles. The number of thioether (sulfide) groups is 1. The van der Waals surface area contributed by atoms with E-state index in [1.54, 1.807) is 5.41 Å². The van der Waals surface area contributed by atoms with Gasteiger partial charge < -0.3 is 10.4 Å². The summed E-state index contributed by atoms with van der Waals surface area (Å²) >= 11 is 6.46. The molecule has 0 radical (unpaired) electrons. The summed E-state index contributed by atoms with van der Waals surface area (Å²) in [6.45, 7) is 1.28. The molecular formula is C7H10ClNO3S. The smallest absolute Gasteiger partial charge is 0.327 e. The monoisotopic (exact) mass is 223 g/mol. The third-order valence-electron chi connectivity index (χ3n) is 1.09. The van der Waals surface area contributed by atoms with Crippen LogP contribution in [0.5, 0.6) is 0 Å². The number of carbonyl (C=O) groups is 2. The van der Waals surface area contributed by atoms with Gasteiger partial charge in [0.05, 0.1) is 0 Å². The van der Waals surface area contributed by atoms with Crippen LogP contribution < -0.4 is 5.32 Å². The van der Waals surface area contributed by atoms with Crippen LogP contribution in [-0.2, 0) is 9.59 Å². The zero-order chi connectivity index (χ0) is 10.3. The van der Waals surface area contributed by atoms with Crippen molar-refractivity contribution < 1.29 is 14.7 Å². The Balaban J connectivity index is 3.95. The van der Waals surface area contributed by atoms with Crippen LogP contribution in [0.2, 0.25) is 0 Å². The largest absolute Gasteiger partial charge is 0.480 e. The molecule has 0 saturated carbocycles. The molecule has 0 heterocycles. The molecule has 0 fully saturated rings. The van der Waals surface area contributed by atoms with Crippen LogP contribution in [0.15, 0.2) is 10.9 Å². The molecule has 0 aromatic carbocycles. The molecule has 6 heteroatoms. The molecule has 0 aliphatic rings. The lowest BCUT2D eigenvalue weighted by atomic mass is 10.3. The van der Waals surface area contributed by atoms with Crippen molar-refractivity contribution in [1.82, 2.24) is 5.32 Å². The van der Waals surface area contributed by atoms with Gasteiger partial charge in [-0.25, -0.2) is 4.79 Å². The summed E-state index contributed by atoms with van der Waals surface area (Å²) in [6.07, 6.45) is 0. The van der Waals surface area contributed by atoms with Gasteiger partial charge in [0.2, 0.25) is 5.91 Å². The first-order valence-electron chi connectivity index (χ1n) is 3.44. The molecule has 0 rings (SSSR count). The first kappa shape index (κ1) is 12.3. The van der Waals surface area contributed by atoms with E-state index in [9.17, 15) is 9.59 Å². The van der Waals surface area contributed by atoms with Crippen molar-refractivity contribution in [3.05, 3.63) is 10.9 Å². The van der Waals surface area contributed by atoms with Gasteiger partial charge in [-0.3, -0.25) is 4.79 Å². The van der Waals surface area contributed by atoms with E-state index < -0.39 is 12.0 Å². The molecule has 0 bridgehead atoms. The minimum Gasteiger partial charge on any atom is -0.480 e. The Morgan fingerprint density at radius 1 is 1.69 bits per heavy atom. The van der Waals surface area contributed by atoms with Gasteiger partial charge in [0.25, 0.3) is 0 Å². The Hall–Kier alpha value is -0.680. The Bertz CT molecular complexity index is 220. The average molecular weight is 224 g/mol. The molecule has 0 aromatic heterocycles. The van der Waals surface area contributed by atoms with Gasteiger partial charge in [-0.05, 0) is 5.41 Å². The maximum atomic E-state index is 10.6. The lowest BCUT2D eigenvalue weighted by Gasteiger charge is -2.10. The number of nitrogens with one attached hydrogen (secondary N) is 1. The van der Waals surface area contributed by atoms with Gasteiger partial charge in [0, 0.05) is 18.2 Å². The summed E-state index contributed by atoms with van der Waals surface area (Å²) in [7, 11) is 0. The Morgan fingerprint density at radius 2 is 2.31 bits per heavy atom. The van der Waals surface area contributed by atoms with Gasteiger partial charge >= 0.3 is 5.97 Å². The number of aliphatic carboxylic acids is 1. The fourth-order valence-electron chi connectivity index (χ4n) is 0.608. The number of amides is 1. The molecule has 0 aliphatic heterocycles. The first-order valence-corrected chi connectivity index (χ1v) is 4.93. The van der Waals surface area contributed by atoms with Crippen LogP contribution in [-0.4, -0.2) is 28.8 Å². The molecule has 1 amide bonds. The number of rotatable bonds is 5. The van der Waals surface area contributed by atoms with Crippen LogP contribution in [0.1, 0.15) is 6.92 Å². The topological polar surface area (TPSA) is 66.4 Å². The molecule has 1 atom stereocenters. The van der Waals surface area contributed by atoms with Crippen LogP contribution in [0.25, 0.3) is 0 Å². The number of halogens is 1. The second-order valence-electron chi connectivity index (χ2n) is 2.19. The van der Waals surface area contributed by atoms with Gasteiger partial charge in [-0.15, -0.1) is 11.8 Å². The standard InChI is InChI=1S/C7H10ClNO3S/c1-5(10)9-6(7(11)12)4-13-3-2-8/h2-3,6H,4H2,1H3,(H,9,10)(H,11,12)/b3-2-/t6-/m0/s1. The lowest BCUT2D eigenvalue weighted by molar-refractivity contribution is -0.140. The Kier molecular flexibility index (Phi) is 6.44. The van der Waals surface area contributed by atoms with Crippen LogP contribution >= 0.6 is 23.4 Å². The van der Waals surface area contributed by atoms with Crippen molar-refractivity contribution in [1.29, 1.82) is 0 Å². The van der Waals surface area contributed by atoms with Crippen molar-refractivity contribution in [3.8, 4) is 0 Å². The molecule has 4 nitrogen and oxygen atoms in total. The van der Waals surface area contributed by atoms with E-state index >= 15 is 0 Å². The van der Waals surface area contributed by atoms with Crippen molar-refractivity contribution in [2.45, 2.75) is 13.0 Å². The summed E-state index contributed by atoms with van der Waals surface area (Å²) in [5.41, 5.74) is 1.29. The maximum absolute atomic E-state index is 10.6. The summed E-state index contributed by atoms with van der Waals surface area (Å²) < 4.78 is 0. The third-order valence-corrected chi connectivity index (χ3v) is 2.22. The molecule has 2 N–H and O–H groups in total. The van der Waals surface area contributed by atoms with E-state index in [0.717, 1.165) is 0 Å². The highest BCUT2D eigenvalue weighted by molar-refractivity contribution is 8.02. The van der Waals surface area contributed by atoms with Gasteiger partial charge in [-0.1, -0.05) is 11.6 Å². The van der Waals surface area contributed by atoms with Crippen LogP contribution in [0.4, 0.5) is 0 Å². The van der Waals surface area contributed by atoms with Crippen molar-refractivity contribution in [2.24, 2.45) is 0 Å². The zero-order valence-electron chi connectivity index (χ0n) is 6.99. The van der Waals surface area contributed by atoms with E-state index in [4.69, 9.17) is 16.7 Å². The van der Waals surface area contributed by atoms with E-state index in [0.29, 0.717) is 0 Å². The van der Waals surface area contributed by atoms with Crippen LogP contribution in [0, 0.1) is 0 Å². The quantitative estimate of drug-likeness (QED) is 0.730. The van der Waals surface area contributed by atoms with Gasteiger partial charge in [-0.2, -0.15) is 0 Å².